The highest BCUT2D eigenvalue weighted by Crippen LogP contribution is 2.37. The molecule has 1 aromatic heterocycles. The van der Waals surface area contributed by atoms with E-state index in [2.05, 4.69) is 25.7 Å². The van der Waals surface area contributed by atoms with Crippen LogP contribution in [0, 0.1) is 0 Å². The van der Waals surface area contributed by atoms with E-state index in [0.717, 1.165) is 31.9 Å². The maximum atomic E-state index is 9.65. The zero-order valence-electron chi connectivity index (χ0n) is 11.4. The summed E-state index contributed by atoms with van der Waals surface area (Å²) in [7, 11) is 0. The Bertz CT molecular complexity index is 637. The lowest BCUT2D eigenvalue weighted by Crippen LogP contribution is -2.38. The van der Waals surface area contributed by atoms with E-state index >= 15 is 0 Å². The van der Waals surface area contributed by atoms with Crippen molar-refractivity contribution in [1.29, 1.82) is 0 Å². The van der Waals surface area contributed by atoms with Crippen LogP contribution in [0.4, 0.5) is 0 Å². The molecular formula is C15H18N4O. The molecule has 0 fully saturated rings. The summed E-state index contributed by atoms with van der Waals surface area (Å²) in [6.45, 7) is 2.87. The van der Waals surface area contributed by atoms with Crippen LogP contribution in [0.25, 0.3) is 0 Å². The Hall–Kier alpha value is -1.88. The molecule has 1 aromatic carbocycles. The molecule has 2 heterocycles. The average molecular weight is 270 g/mol. The van der Waals surface area contributed by atoms with Crippen molar-refractivity contribution >= 4 is 0 Å². The van der Waals surface area contributed by atoms with Gasteiger partial charge in [-0.05, 0) is 42.5 Å². The smallest absolute Gasteiger partial charge is 0.147 e. The summed E-state index contributed by atoms with van der Waals surface area (Å²) in [5, 5.41) is 17.8. The van der Waals surface area contributed by atoms with E-state index in [1.807, 2.05) is 18.5 Å². The molecule has 0 bridgehead atoms. The molecule has 0 amide bonds. The second-order valence-electron chi connectivity index (χ2n) is 5.70. The second kappa shape index (κ2) is 4.59. The zero-order valence-corrected chi connectivity index (χ0v) is 11.4. The third-order valence-electron chi connectivity index (χ3n) is 4.52. The number of aromatic nitrogens is 3. The molecule has 4 rings (SSSR count). The van der Waals surface area contributed by atoms with Crippen LogP contribution in [0.1, 0.15) is 35.8 Å². The number of benzene rings is 1. The molecule has 1 aliphatic carbocycles. The van der Waals surface area contributed by atoms with Gasteiger partial charge in [-0.15, -0.1) is 10.2 Å². The molecule has 0 saturated heterocycles. The van der Waals surface area contributed by atoms with Gasteiger partial charge in [0, 0.05) is 19.1 Å². The van der Waals surface area contributed by atoms with E-state index in [9.17, 15) is 5.11 Å². The molecule has 2 aliphatic rings. The zero-order chi connectivity index (χ0) is 13.5. The van der Waals surface area contributed by atoms with Gasteiger partial charge in [0.1, 0.15) is 17.9 Å². The minimum Gasteiger partial charge on any atom is -0.508 e. The Morgan fingerprint density at radius 1 is 1.25 bits per heavy atom. The SMILES string of the molecule is Oc1ccc2c(c1)CCCC2N1CCn2cnnc2C1. The van der Waals surface area contributed by atoms with E-state index in [1.165, 1.54) is 24.0 Å². The summed E-state index contributed by atoms with van der Waals surface area (Å²) in [5.74, 6) is 1.44. The van der Waals surface area contributed by atoms with Gasteiger partial charge < -0.3 is 9.67 Å². The van der Waals surface area contributed by atoms with Gasteiger partial charge in [-0.1, -0.05) is 6.07 Å². The van der Waals surface area contributed by atoms with Crippen LogP contribution in [-0.4, -0.2) is 31.3 Å². The molecule has 0 spiro atoms. The lowest BCUT2D eigenvalue weighted by atomic mass is 9.86. The number of hydrogen-bond acceptors (Lipinski definition) is 4. The van der Waals surface area contributed by atoms with Gasteiger partial charge in [-0.3, -0.25) is 4.90 Å². The largest absolute Gasteiger partial charge is 0.508 e. The third kappa shape index (κ3) is 1.89. The van der Waals surface area contributed by atoms with Crippen molar-refractivity contribution in [2.45, 2.75) is 38.4 Å². The first-order chi connectivity index (χ1) is 9.81. The number of phenolic OH excluding ortho intramolecular Hbond substituents is 1. The van der Waals surface area contributed by atoms with Crippen molar-refractivity contribution < 1.29 is 5.11 Å². The number of aryl methyl sites for hydroxylation is 1. The quantitative estimate of drug-likeness (QED) is 0.859. The molecule has 5 nitrogen and oxygen atoms in total. The Balaban J connectivity index is 1.65. The Morgan fingerprint density at radius 3 is 3.15 bits per heavy atom. The predicted molar refractivity (Wildman–Crippen MR) is 74.2 cm³/mol. The van der Waals surface area contributed by atoms with Gasteiger partial charge in [-0.25, -0.2) is 0 Å². The summed E-state index contributed by atoms with van der Waals surface area (Å²) >= 11 is 0. The van der Waals surface area contributed by atoms with E-state index in [-0.39, 0.29) is 0 Å². The molecule has 5 heteroatoms. The summed E-state index contributed by atoms with van der Waals surface area (Å²) in [5.41, 5.74) is 2.68. The number of fused-ring (bicyclic) bond motifs is 2. The second-order valence-corrected chi connectivity index (χ2v) is 5.70. The average Bonchev–Trinajstić information content (AvgIpc) is 2.93. The molecule has 1 aliphatic heterocycles. The molecule has 0 radical (unpaired) electrons. The van der Waals surface area contributed by atoms with Crippen LogP contribution >= 0.6 is 0 Å². The highest BCUT2D eigenvalue weighted by Gasteiger charge is 2.29. The van der Waals surface area contributed by atoms with Gasteiger partial charge >= 0.3 is 0 Å². The van der Waals surface area contributed by atoms with Crippen molar-refractivity contribution in [3.8, 4) is 5.75 Å². The fraction of sp³-hybridized carbons (Fsp3) is 0.467. The molecule has 104 valence electrons. The van der Waals surface area contributed by atoms with Crippen molar-refractivity contribution in [3.63, 3.8) is 0 Å². The van der Waals surface area contributed by atoms with Crippen LogP contribution < -0.4 is 0 Å². The van der Waals surface area contributed by atoms with Crippen molar-refractivity contribution in [3.05, 3.63) is 41.5 Å². The first-order valence-electron chi connectivity index (χ1n) is 7.24. The molecule has 20 heavy (non-hydrogen) atoms. The number of phenols is 1. The van der Waals surface area contributed by atoms with E-state index in [1.54, 1.807) is 0 Å². The predicted octanol–water partition coefficient (Wildman–Crippen LogP) is 1.88. The fourth-order valence-corrected chi connectivity index (χ4v) is 3.51. The maximum absolute atomic E-state index is 9.65. The van der Waals surface area contributed by atoms with Crippen LogP contribution in [-0.2, 0) is 19.5 Å². The van der Waals surface area contributed by atoms with Gasteiger partial charge in [0.25, 0.3) is 0 Å². The number of aromatic hydroxyl groups is 1. The van der Waals surface area contributed by atoms with Crippen LogP contribution in [0.2, 0.25) is 0 Å². The first-order valence-corrected chi connectivity index (χ1v) is 7.24. The summed E-state index contributed by atoms with van der Waals surface area (Å²) in [6.07, 6.45) is 5.26. The molecular weight excluding hydrogens is 252 g/mol. The van der Waals surface area contributed by atoms with E-state index in [4.69, 9.17) is 0 Å². The molecule has 1 atom stereocenters. The van der Waals surface area contributed by atoms with Crippen molar-refractivity contribution in [1.82, 2.24) is 19.7 Å². The maximum Gasteiger partial charge on any atom is 0.147 e. The molecule has 2 aromatic rings. The van der Waals surface area contributed by atoms with Gasteiger partial charge in [0.05, 0.1) is 6.54 Å². The molecule has 1 unspecified atom stereocenters. The molecule has 0 saturated carbocycles. The lowest BCUT2D eigenvalue weighted by molar-refractivity contribution is 0.138. The third-order valence-corrected chi connectivity index (χ3v) is 4.52. The van der Waals surface area contributed by atoms with Gasteiger partial charge in [0.15, 0.2) is 0 Å². The van der Waals surface area contributed by atoms with Gasteiger partial charge in [-0.2, -0.15) is 0 Å². The number of rotatable bonds is 1. The number of hydrogen-bond donors (Lipinski definition) is 1. The standard InChI is InChI=1S/C15H18N4O/c20-12-4-5-13-11(8-12)2-1-3-14(13)18-6-7-19-10-16-17-15(19)9-18/h4-5,8,10,14,20H,1-3,6-7,9H2. The van der Waals surface area contributed by atoms with Crippen molar-refractivity contribution in [2.75, 3.05) is 6.54 Å². The lowest BCUT2D eigenvalue weighted by Gasteiger charge is -2.37. The van der Waals surface area contributed by atoms with Crippen LogP contribution in [0.15, 0.2) is 24.5 Å². The van der Waals surface area contributed by atoms with Crippen LogP contribution in [0.3, 0.4) is 0 Å². The summed E-state index contributed by atoms with van der Waals surface area (Å²) in [6, 6.07) is 6.27. The minimum absolute atomic E-state index is 0.378. The topological polar surface area (TPSA) is 54.2 Å². The fourth-order valence-electron chi connectivity index (χ4n) is 3.51. The monoisotopic (exact) mass is 270 g/mol. The first kappa shape index (κ1) is 11.9. The number of nitrogens with zero attached hydrogens (tertiary/aromatic N) is 4. The van der Waals surface area contributed by atoms with Gasteiger partial charge in [0.2, 0.25) is 0 Å². The Kier molecular flexibility index (Phi) is 2.73. The highest BCUT2D eigenvalue weighted by atomic mass is 16.3. The van der Waals surface area contributed by atoms with Crippen molar-refractivity contribution in [2.24, 2.45) is 0 Å². The van der Waals surface area contributed by atoms with E-state index < -0.39 is 0 Å². The Morgan fingerprint density at radius 2 is 2.20 bits per heavy atom. The summed E-state index contributed by atoms with van der Waals surface area (Å²) < 4.78 is 2.14. The Labute approximate surface area is 117 Å². The molecule has 1 N–H and O–H groups in total. The van der Waals surface area contributed by atoms with Crippen LogP contribution in [0.5, 0.6) is 5.75 Å². The van der Waals surface area contributed by atoms with E-state index in [0.29, 0.717) is 11.8 Å². The normalized spacial score (nSPS) is 22.3. The summed E-state index contributed by atoms with van der Waals surface area (Å²) in [4.78, 5) is 2.50. The minimum atomic E-state index is 0.378. The highest BCUT2D eigenvalue weighted by molar-refractivity contribution is 5.38.